The number of fused-ring (bicyclic) bond motifs is 1. The van der Waals surface area contributed by atoms with Crippen molar-refractivity contribution in [1.29, 1.82) is 0 Å². The van der Waals surface area contributed by atoms with Gasteiger partial charge in [0.05, 0.1) is 12.0 Å². The fraction of sp³-hybridized carbons (Fsp3) is 0.562. The summed E-state index contributed by atoms with van der Waals surface area (Å²) in [5.41, 5.74) is 1.18. The van der Waals surface area contributed by atoms with Crippen LogP contribution in [0.3, 0.4) is 0 Å². The predicted octanol–water partition coefficient (Wildman–Crippen LogP) is 2.83. The molecule has 2 aromatic rings. The van der Waals surface area contributed by atoms with E-state index >= 15 is 0 Å². The molecule has 0 aromatic carbocycles. The Morgan fingerprint density at radius 1 is 1.48 bits per heavy atom. The summed E-state index contributed by atoms with van der Waals surface area (Å²) in [6.07, 6.45) is 2.94. The molecule has 0 aliphatic carbocycles. The van der Waals surface area contributed by atoms with Crippen LogP contribution < -0.4 is 5.32 Å². The van der Waals surface area contributed by atoms with Crippen molar-refractivity contribution in [3.05, 3.63) is 29.5 Å². The van der Waals surface area contributed by atoms with E-state index < -0.39 is 0 Å². The van der Waals surface area contributed by atoms with Crippen LogP contribution in [0.2, 0.25) is 0 Å². The van der Waals surface area contributed by atoms with Crippen LogP contribution in [0.1, 0.15) is 19.0 Å². The summed E-state index contributed by atoms with van der Waals surface area (Å²) in [7, 11) is 0. The Labute approximate surface area is 129 Å². The molecule has 0 radical (unpaired) electrons. The Morgan fingerprint density at radius 3 is 3.24 bits per heavy atom. The van der Waals surface area contributed by atoms with Gasteiger partial charge in [0, 0.05) is 24.5 Å². The normalized spacial score (nSPS) is 29.1. The standard InChI is InChI=1S/C16H21N3OS/c1-2-14-13-7-17-6-11(13)8-19(14)9-12-10-21-16(18-12)15-4-3-5-20-15/h3-5,10-11,13-14,17H,2,6-9H2,1H3. The molecule has 2 fully saturated rings. The third-order valence-corrected chi connectivity index (χ3v) is 5.80. The number of thiazole rings is 1. The number of hydrogen-bond acceptors (Lipinski definition) is 5. The zero-order valence-electron chi connectivity index (χ0n) is 12.3. The van der Waals surface area contributed by atoms with Gasteiger partial charge in [-0.15, -0.1) is 11.3 Å². The lowest BCUT2D eigenvalue weighted by Gasteiger charge is -2.25. The largest absolute Gasteiger partial charge is 0.462 e. The summed E-state index contributed by atoms with van der Waals surface area (Å²) in [4.78, 5) is 7.38. The van der Waals surface area contributed by atoms with Gasteiger partial charge in [0.25, 0.3) is 0 Å². The highest BCUT2D eigenvalue weighted by molar-refractivity contribution is 7.13. The van der Waals surface area contributed by atoms with Crippen molar-refractivity contribution in [3.8, 4) is 10.8 Å². The maximum atomic E-state index is 5.43. The summed E-state index contributed by atoms with van der Waals surface area (Å²) in [6.45, 7) is 6.88. The van der Waals surface area contributed by atoms with E-state index in [2.05, 4.69) is 22.5 Å². The molecule has 5 heteroatoms. The summed E-state index contributed by atoms with van der Waals surface area (Å²) in [5, 5.41) is 6.71. The highest BCUT2D eigenvalue weighted by atomic mass is 32.1. The first-order valence-electron chi connectivity index (χ1n) is 7.78. The molecular formula is C16H21N3OS. The molecule has 0 bridgehead atoms. The molecule has 0 amide bonds. The summed E-state index contributed by atoms with van der Waals surface area (Å²) in [6, 6.07) is 4.60. The zero-order chi connectivity index (χ0) is 14.2. The minimum absolute atomic E-state index is 0.707. The van der Waals surface area contributed by atoms with Gasteiger partial charge in [0.1, 0.15) is 0 Å². The van der Waals surface area contributed by atoms with Crippen molar-refractivity contribution >= 4 is 11.3 Å². The van der Waals surface area contributed by atoms with Crippen molar-refractivity contribution in [2.45, 2.75) is 25.9 Å². The maximum Gasteiger partial charge on any atom is 0.162 e. The van der Waals surface area contributed by atoms with Gasteiger partial charge in [-0.1, -0.05) is 6.92 Å². The average Bonchev–Trinajstić information content (AvgIpc) is 3.23. The molecule has 2 aromatic heterocycles. The second-order valence-corrected chi connectivity index (χ2v) is 6.97. The number of furan rings is 1. The molecule has 4 rings (SSSR count). The van der Waals surface area contributed by atoms with E-state index in [1.54, 1.807) is 17.6 Å². The highest BCUT2D eigenvalue weighted by Crippen LogP contribution is 2.35. The van der Waals surface area contributed by atoms with Crippen LogP contribution >= 0.6 is 11.3 Å². The van der Waals surface area contributed by atoms with Crippen LogP contribution in [-0.2, 0) is 6.54 Å². The topological polar surface area (TPSA) is 41.3 Å². The number of nitrogens with zero attached hydrogens (tertiary/aromatic N) is 2. The van der Waals surface area contributed by atoms with Crippen LogP contribution in [0, 0.1) is 11.8 Å². The fourth-order valence-corrected chi connectivity index (χ4v) is 4.73. The third kappa shape index (κ3) is 2.43. The lowest BCUT2D eigenvalue weighted by molar-refractivity contribution is 0.208. The number of likely N-dealkylation sites (tertiary alicyclic amines) is 1. The molecule has 112 valence electrons. The number of nitrogens with one attached hydrogen (secondary N) is 1. The van der Waals surface area contributed by atoms with Crippen molar-refractivity contribution in [3.63, 3.8) is 0 Å². The smallest absolute Gasteiger partial charge is 0.162 e. The first-order valence-corrected chi connectivity index (χ1v) is 8.66. The lowest BCUT2D eigenvalue weighted by atomic mass is 9.93. The number of rotatable bonds is 4. The first kappa shape index (κ1) is 13.5. The van der Waals surface area contributed by atoms with Crippen molar-refractivity contribution < 1.29 is 4.42 Å². The van der Waals surface area contributed by atoms with Gasteiger partial charge in [0.2, 0.25) is 0 Å². The minimum atomic E-state index is 0.707. The molecule has 1 N–H and O–H groups in total. The van der Waals surface area contributed by atoms with Crippen LogP contribution in [0.25, 0.3) is 10.8 Å². The summed E-state index contributed by atoms with van der Waals surface area (Å²) in [5.74, 6) is 2.54. The molecule has 4 heterocycles. The van der Waals surface area contributed by atoms with E-state index in [4.69, 9.17) is 9.40 Å². The van der Waals surface area contributed by atoms with E-state index in [-0.39, 0.29) is 0 Å². The van der Waals surface area contributed by atoms with Gasteiger partial charge < -0.3 is 9.73 Å². The second-order valence-electron chi connectivity index (χ2n) is 6.11. The Morgan fingerprint density at radius 2 is 2.43 bits per heavy atom. The van der Waals surface area contributed by atoms with Gasteiger partial charge in [-0.3, -0.25) is 4.90 Å². The van der Waals surface area contributed by atoms with Crippen LogP contribution in [0.4, 0.5) is 0 Å². The van der Waals surface area contributed by atoms with Gasteiger partial charge in [0.15, 0.2) is 10.8 Å². The summed E-state index contributed by atoms with van der Waals surface area (Å²) < 4.78 is 5.43. The Balaban J connectivity index is 1.48. The SMILES string of the molecule is CCC1C2CNCC2CN1Cc1csc(-c2ccco2)n1. The molecule has 3 unspecified atom stereocenters. The van der Waals surface area contributed by atoms with Crippen molar-refractivity contribution in [1.82, 2.24) is 15.2 Å². The fourth-order valence-electron chi connectivity index (χ4n) is 3.95. The van der Waals surface area contributed by atoms with Gasteiger partial charge in [-0.2, -0.15) is 0 Å². The number of aromatic nitrogens is 1. The van der Waals surface area contributed by atoms with E-state index in [1.807, 2.05) is 12.1 Å². The summed E-state index contributed by atoms with van der Waals surface area (Å²) >= 11 is 1.68. The first-order chi connectivity index (χ1) is 10.3. The highest BCUT2D eigenvalue weighted by Gasteiger charge is 2.43. The minimum Gasteiger partial charge on any atom is -0.462 e. The van der Waals surface area contributed by atoms with Crippen LogP contribution in [-0.4, -0.2) is 35.6 Å². The van der Waals surface area contributed by atoms with Gasteiger partial charge in [-0.25, -0.2) is 4.98 Å². The monoisotopic (exact) mass is 303 g/mol. The van der Waals surface area contributed by atoms with Crippen molar-refractivity contribution in [2.24, 2.45) is 11.8 Å². The molecule has 2 aliphatic heterocycles. The number of hydrogen-bond donors (Lipinski definition) is 1. The maximum absolute atomic E-state index is 5.43. The van der Waals surface area contributed by atoms with Crippen LogP contribution in [0.15, 0.2) is 28.2 Å². The third-order valence-electron chi connectivity index (χ3n) is 4.89. The van der Waals surface area contributed by atoms with Gasteiger partial charge in [-0.05, 0) is 43.5 Å². The molecule has 0 saturated carbocycles. The van der Waals surface area contributed by atoms with Crippen LogP contribution in [0.5, 0.6) is 0 Å². The Bertz CT molecular complexity index is 594. The zero-order valence-corrected chi connectivity index (χ0v) is 13.1. The molecular weight excluding hydrogens is 282 g/mol. The van der Waals surface area contributed by atoms with E-state index in [1.165, 1.54) is 31.7 Å². The molecule has 3 atom stereocenters. The van der Waals surface area contributed by atoms with E-state index in [9.17, 15) is 0 Å². The second kappa shape index (κ2) is 5.55. The van der Waals surface area contributed by atoms with Gasteiger partial charge >= 0.3 is 0 Å². The average molecular weight is 303 g/mol. The Hall–Kier alpha value is -1.17. The molecule has 0 spiro atoms. The van der Waals surface area contributed by atoms with Crippen molar-refractivity contribution in [2.75, 3.05) is 19.6 Å². The van der Waals surface area contributed by atoms with E-state index in [0.717, 1.165) is 29.1 Å². The predicted molar refractivity (Wildman–Crippen MR) is 84.2 cm³/mol. The Kier molecular flexibility index (Phi) is 3.57. The van der Waals surface area contributed by atoms with E-state index in [0.29, 0.717) is 6.04 Å². The molecule has 21 heavy (non-hydrogen) atoms. The quantitative estimate of drug-likeness (QED) is 0.943. The molecule has 2 aliphatic rings. The lowest BCUT2D eigenvalue weighted by Crippen LogP contribution is -2.34. The molecule has 2 saturated heterocycles. The molecule has 4 nitrogen and oxygen atoms in total.